The number of pyridine rings is 1. The molecule has 1 atom stereocenters. The molecule has 9 heteroatoms. The second-order valence-corrected chi connectivity index (χ2v) is 6.96. The number of fused-ring (bicyclic) bond motifs is 1. The first-order chi connectivity index (χ1) is 13.9. The first-order valence-electron chi connectivity index (χ1n) is 9.32. The van der Waals surface area contributed by atoms with Crippen LogP contribution in [0.4, 0.5) is 5.69 Å². The van der Waals surface area contributed by atoms with Gasteiger partial charge < -0.3 is 24.8 Å². The summed E-state index contributed by atoms with van der Waals surface area (Å²) in [4.78, 5) is 54.3. The van der Waals surface area contributed by atoms with E-state index in [0.29, 0.717) is 48.7 Å². The summed E-state index contributed by atoms with van der Waals surface area (Å²) in [5.41, 5.74) is 0.996. The van der Waals surface area contributed by atoms with Crippen molar-refractivity contribution in [3.05, 3.63) is 58.0 Å². The van der Waals surface area contributed by atoms with E-state index < -0.39 is 6.10 Å². The van der Waals surface area contributed by atoms with Crippen LogP contribution in [-0.2, 0) is 4.79 Å². The third-order valence-corrected chi connectivity index (χ3v) is 5.05. The molecule has 2 aliphatic rings. The minimum atomic E-state index is -0.678. The molecule has 0 saturated carbocycles. The Labute approximate surface area is 166 Å². The van der Waals surface area contributed by atoms with E-state index in [-0.39, 0.29) is 23.3 Å². The molecular weight excluding hydrogens is 376 g/mol. The zero-order valence-corrected chi connectivity index (χ0v) is 15.8. The molecule has 3 heterocycles. The minimum Gasteiger partial charge on any atom is -0.478 e. The average molecular weight is 396 g/mol. The summed E-state index contributed by atoms with van der Waals surface area (Å²) in [5.74, 6) is -0.278. The number of nitrogens with one attached hydrogen (secondary N) is 2. The Morgan fingerprint density at radius 2 is 1.69 bits per heavy atom. The average Bonchev–Trinajstić information content (AvgIpc) is 2.74. The molecule has 1 aromatic carbocycles. The topological polar surface area (TPSA) is 112 Å². The van der Waals surface area contributed by atoms with Gasteiger partial charge in [0.05, 0.1) is 16.8 Å². The van der Waals surface area contributed by atoms with Gasteiger partial charge in [-0.25, -0.2) is 0 Å². The number of carbonyl (C=O) groups is 3. The smallest absolute Gasteiger partial charge is 0.265 e. The summed E-state index contributed by atoms with van der Waals surface area (Å²) in [6.45, 7) is 3.14. The summed E-state index contributed by atoms with van der Waals surface area (Å²) in [7, 11) is 0. The fraction of sp³-hybridized carbons (Fsp3) is 0.300. The number of rotatable bonds is 2. The van der Waals surface area contributed by atoms with Crippen LogP contribution in [0, 0.1) is 0 Å². The van der Waals surface area contributed by atoms with Crippen LogP contribution in [0.25, 0.3) is 0 Å². The molecule has 2 N–H and O–H groups in total. The summed E-state index contributed by atoms with van der Waals surface area (Å²) >= 11 is 0. The van der Waals surface area contributed by atoms with E-state index in [0.717, 1.165) is 0 Å². The van der Waals surface area contributed by atoms with Crippen LogP contribution in [0.2, 0.25) is 0 Å². The molecule has 29 heavy (non-hydrogen) atoms. The first-order valence-corrected chi connectivity index (χ1v) is 9.32. The van der Waals surface area contributed by atoms with Gasteiger partial charge in [-0.1, -0.05) is 6.07 Å². The quantitative estimate of drug-likeness (QED) is 0.776. The second kappa shape index (κ2) is 7.42. The number of hydrogen-bond donors (Lipinski definition) is 2. The van der Waals surface area contributed by atoms with Crippen LogP contribution in [0.1, 0.15) is 27.6 Å². The van der Waals surface area contributed by atoms with E-state index in [9.17, 15) is 19.2 Å². The van der Waals surface area contributed by atoms with Crippen molar-refractivity contribution >= 4 is 23.4 Å². The Balaban J connectivity index is 1.45. The monoisotopic (exact) mass is 396 g/mol. The second-order valence-electron chi connectivity index (χ2n) is 6.96. The number of aromatic amines is 1. The summed E-state index contributed by atoms with van der Waals surface area (Å²) in [5, 5.41) is 2.74. The number of anilines is 1. The van der Waals surface area contributed by atoms with Crippen molar-refractivity contribution in [2.75, 3.05) is 31.5 Å². The Kier molecular flexibility index (Phi) is 4.79. The maximum Gasteiger partial charge on any atom is 0.265 e. The zero-order valence-electron chi connectivity index (χ0n) is 15.8. The number of para-hydroxylation sites is 1. The van der Waals surface area contributed by atoms with Crippen molar-refractivity contribution in [1.82, 2.24) is 14.8 Å². The molecule has 9 nitrogen and oxygen atoms in total. The van der Waals surface area contributed by atoms with Crippen LogP contribution in [0.3, 0.4) is 0 Å². The Morgan fingerprint density at radius 1 is 1.00 bits per heavy atom. The van der Waals surface area contributed by atoms with E-state index in [4.69, 9.17) is 4.74 Å². The maximum atomic E-state index is 13.0. The lowest BCUT2D eigenvalue weighted by molar-refractivity contribution is -0.122. The van der Waals surface area contributed by atoms with E-state index in [1.807, 2.05) is 0 Å². The number of carbonyl (C=O) groups excluding carboxylic acids is 3. The molecule has 1 fully saturated rings. The van der Waals surface area contributed by atoms with E-state index in [2.05, 4.69) is 10.3 Å². The summed E-state index contributed by atoms with van der Waals surface area (Å²) in [6.07, 6.45) is 0.717. The van der Waals surface area contributed by atoms with Crippen molar-refractivity contribution in [3.8, 4) is 5.75 Å². The number of H-pyrrole nitrogens is 1. The minimum absolute atomic E-state index is 0.190. The standard InChI is InChI=1S/C20H20N4O5/c1-12-18(26)22-15-4-2-3-14(17(15)29-12)20(28)24-9-7-23(8-10-24)19(27)13-5-6-16(25)21-11-13/h2-6,11-12H,7-10H2,1H3,(H,21,25)(H,22,26). The molecule has 1 saturated heterocycles. The van der Waals surface area contributed by atoms with Gasteiger partial charge in [-0.15, -0.1) is 0 Å². The Bertz CT molecular complexity index is 1020. The predicted octanol–water partition coefficient (Wildman–Crippen LogP) is 0.692. The van der Waals surface area contributed by atoms with E-state index in [1.165, 1.54) is 18.3 Å². The van der Waals surface area contributed by atoms with Gasteiger partial charge in [0.1, 0.15) is 0 Å². The van der Waals surface area contributed by atoms with Crippen LogP contribution >= 0.6 is 0 Å². The third-order valence-electron chi connectivity index (χ3n) is 5.05. The number of benzene rings is 1. The van der Waals surface area contributed by atoms with Crippen molar-refractivity contribution in [2.24, 2.45) is 0 Å². The van der Waals surface area contributed by atoms with Gasteiger partial charge in [0.25, 0.3) is 17.7 Å². The maximum absolute atomic E-state index is 13.0. The fourth-order valence-corrected chi connectivity index (χ4v) is 3.40. The van der Waals surface area contributed by atoms with Gasteiger partial charge in [0.2, 0.25) is 5.56 Å². The van der Waals surface area contributed by atoms with Crippen LogP contribution in [0.15, 0.2) is 41.3 Å². The summed E-state index contributed by atoms with van der Waals surface area (Å²) < 4.78 is 5.66. The molecule has 1 aromatic heterocycles. The zero-order chi connectivity index (χ0) is 20.5. The van der Waals surface area contributed by atoms with Gasteiger partial charge >= 0.3 is 0 Å². The molecule has 0 spiro atoms. The van der Waals surface area contributed by atoms with Crippen LogP contribution in [0.5, 0.6) is 5.75 Å². The van der Waals surface area contributed by atoms with Crippen molar-refractivity contribution < 1.29 is 19.1 Å². The molecule has 2 aromatic rings. The highest BCUT2D eigenvalue weighted by atomic mass is 16.5. The number of piperazine rings is 1. The predicted molar refractivity (Wildman–Crippen MR) is 104 cm³/mol. The molecule has 4 rings (SSSR count). The number of nitrogens with zero attached hydrogens (tertiary/aromatic N) is 2. The van der Waals surface area contributed by atoms with Crippen LogP contribution < -0.4 is 15.6 Å². The molecule has 0 aliphatic carbocycles. The van der Waals surface area contributed by atoms with Gasteiger partial charge in [-0.2, -0.15) is 0 Å². The van der Waals surface area contributed by atoms with Crippen LogP contribution in [-0.4, -0.2) is 64.8 Å². The Morgan fingerprint density at radius 3 is 2.34 bits per heavy atom. The lowest BCUT2D eigenvalue weighted by Gasteiger charge is -2.35. The molecule has 2 aliphatic heterocycles. The van der Waals surface area contributed by atoms with Gasteiger partial charge in [0, 0.05) is 38.4 Å². The number of amides is 3. The molecule has 150 valence electrons. The molecule has 3 amide bonds. The number of ether oxygens (including phenoxy) is 1. The van der Waals surface area contributed by atoms with Gasteiger partial charge in [-0.3, -0.25) is 19.2 Å². The lowest BCUT2D eigenvalue weighted by Crippen LogP contribution is -2.50. The first kappa shape index (κ1) is 18.7. The van der Waals surface area contributed by atoms with Gasteiger partial charge in [0.15, 0.2) is 11.9 Å². The Hall–Kier alpha value is -3.62. The van der Waals surface area contributed by atoms with E-state index >= 15 is 0 Å². The summed E-state index contributed by atoms with van der Waals surface area (Å²) in [6, 6.07) is 7.86. The molecule has 1 unspecified atom stereocenters. The normalized spacial score (nSPS) is 18.5. The molecule has 0 bridgehead atoms. The largest absolute Gasteiger partial charge is 0.478 e. The van der Waals surface area contributed by atoms with Crippen molar-refractivity contribution in [2.45, 2.75) is 13.0 Å². The number of aromatic nitrogens is 1. The highest BCUT2D eigenvalue weighted by Crippen LogP contribution is 2.34. The van der Waals surface area contributed by atoms with Crippen molar-refractivity contribution in [1.29, 1.82) is 0 Å². The molecule has 0 radical (unpaired) electrons. The SMILES string of the molecule is CC1Oc2c(cccc2C(=O)N2CCN(C(=O)c3ccc(=O)[nH]c3)CC2)NC1=O. The lowest BCUT2D eigenvalue weighted by atomic mass is 10.1. The third kappa shape index (κ3) is 3.58. The van der Waals surface area contributed by atoms with Crippen molar-refractivity contribution in [3.63, 3.8) is 0 Å². The highest BCUT2D eigenvalue weighted by Gasteiger charge is 2.31. The molecular formula is C20H20N4O5. The van der Waals surface area contributed by atoms with E-state index in [1.54, 1.807) is 34.9 Å². The number of hydrogen-bond acceptors (Lipinski definition) is 5. The fourth-order valence-electron chi connectivity index (χ4n) is 3.40. The van der Waals surface area contributed by atoms with Gasteiger partial charge in [-0.05, 0) is 25.1 Å². The highest BCUT2D eigenvalue weighted by molar-refractivity contribution is 6.04.